The number of nitrogens with two attached hydrogens (primary N) is 1. The molecule has 6 heteroatoms. The van der Waals surface area contributed by atoms with Crippen LogP contribution in [0.5, 0.6) is 0 Å². The van der Waals surface area contributed by atoms with E-state index in [-0.39, 0.29) is 10.9 Å². The first kappa shape index (κ1) is 16.4. The Balaban J connectivity index is 2.28. The molecule has 2 N–H and O–H groups in total. The molecule has 1 aromatic rings. The number of nitrogens with zero attached hydrogens (tertiary/aromatic N) is 1. The molecule has 0 amide bonds. The van der Waals surface area contributed by atoms with Crippen LogP contribution in [-0.2, 0) is 10.0 Å². The van der Waals surface area contributed by atoms with E-state index in [4.69, 9.17) is 5.73 Å². The molecule has 2 rings (SSSR count). The number of piperidine rings is 1. The maximum absolute atomic E-state index is 13.4. The summed E-state index contributed by atoms with van der Waals surface area (Å²) in [5.41, 5.74) is 6.81. The van der Waals surface area contributed by atoms with Gasteiger partial charge in [0.1, 0.15) is 5.82 Å². The zero-order chi connectivity index (χ0) is 15.8. The highest BCUT2D eigenvalue weighted by Crippen LogP contribution is 2.29. The third-order valence-corrected chi connectivity index (χ3v) is 6.47. The molecule has 0 aromatic heterocycles. The number of hydrogen-bond donors (Lipinski definition) is 1. The summed E-state index contributed by atoms with van der Waals surface area (Å²) >= 11 is 0. The number of rotatable bonds is 3. The fraction of sp³-hybridized carbons (Fsp3) is 0.600. The molecule has 0 bridgehead atoms. The zero-order valence-electron chi connectivity index (χ0n) is 12.8. The van der Waals surface area contributed by atoms with E-state index in [9.17, 15) is 12.8 Å². The van der Waals surface area contributed by atoms with E-state index in [0.717, 1.165) is 12.8 Å². The summed E-state index contributed by atoms with van der Waals surface area (Å²) < 4.78 is 40.4. The highest BCUT2D eigenvalue weighted by Gasteiger charge is 2.32. The largest absolute Gasteiger partial charge is 0.328 e. The fourth-order valence-corrected chi connectivity index (χ4v) is 4.96. The molecule has 1 saturated heterocycles. The van der Waals surface area contributed by atoms with E-state index in [1.807, 2.05) is 6.92 Å². The predicted octanol–water partition coefficient (Wildman–Crippen LogP) is 2.19. The molecule has 1 aliphatic heterocycles. The maximum Gasteiger partial charge on any atom is 0.243 e. The molecule has 0 spiro atoms. The van der Waals surface area contributed by atoms with Crippen LogP contribution < -0.4 is 5.73 Å². The number of halogens is 1. The Morgan fingerprint density at radius 3 is 2.14 bits per heavy atom. The molecule has 21 heavy (non-hydrogen) atoms. The van der Waals surface area contributed by atoms with Crippen molar-refractivity contribution in [2.75, 3.05) is 13.1 Å². The van der Waals surface area contributed by atoms with Gasteiger partial charge in [0.05, 0.1) is 4.90 Å². The molecule has 1 aromatic carbocycles. The van der Waals surface area contributed by atoms with Gasteiger partial charge in [-0.05, 0) is 62.8 Å². The summed E-state index contributed by atoms with van der Waals surface area (Å²) in [6.45, 7) is 6.19. The third-order valence-electron chi connectivity index (χ3n) is 4.27. The van der Waals surface area contributed by atoms with Crippen LogP contribution >= 0.6 is 0 Å². The van der Waals surface area contributed by atoms with Crippen LogP contribution in [0.25, 0.3) is 0 Å². The van der Waals surface area contributed by atoms with E-state index in [0.29, 0.717) is 30.1 Å². The Bertz CT molecular complexity index is 598. The second kappa shape index (κ2) is 6.02. The van der Waals surface area contributed by atoms with Gasteiger partial charge in [-0.2, -0.15) is 4.31 Å². The minimum atomic E-state index is -3.56. The quantitative estimate of drug-likeness (QED) is 0.930. The molecule has 0 radical (unpaired) electrons. The van der Waals surface area contributed by atoms with Gasteiger partial charge < -0.3 is 5.73 Å². The molecule has 1 atom stereocenters. The highest BCUT2D eigenvalue weighted by molar-refractivity contribution is 7.89. The molecule has 1 aliphatic rings. The lowest BCUT2D eigenvalue weighted by Gasteiger charge is -2.33. The van der Waals surface area contributed by atoms with Crippen LogP contribution in [0.3, 0.4) is 0 Å². The molecule has 118 valence electrons. The van der Waals surface area contributed by atoms with Crippen LogP contribution in [-0.4, -0.2) is 31.9 Å². The Kier molecular flexibility index (Phi) is 4.70. The van der Waals surface area contributed by atoms with E-state index >= 15 is 0 Å². The summed E-state index contributed by atoms with van der Waals surface area (Å²) in [4.78, 5) is 0.239. The first-order chi connectivity index (χ1) is 9.73. The van der Waals surface area contributed by atoms with Gasteiger partial charge >= 0.3 is 0 Å². The van der Waals surface area contributed by atoms with Crippen LogP contribution in [0.4, 0.5) is 4.39 Å². The van der Waals surface area contributed by atoms with Crippen LogP contribution in [0, 0.1) is 25.6 Å². The number of sulfonamides is 1. The van der Waals surface area contributed by atoms with E-state index in [2.05, 4.69) is 0 Å². The molecular weight excluding hydrogens is 291 g/mol. The Labute approximate surface area is 126 Å². The first-order valence-electron chi connectivity index (χ1n) is 7.26. The smallest absolute Gasteiger partial charge is 0.243 e. The van der Waals surface area contributed by atoms with E-state index < -0.39 is 15.8 Å². The molecule has 0 aliphatic carbocycles. The molecular formula is C15H23FN2O2S. The lowest BCUT2D eigenvalue weighted by atomic mass is 9.92. The van der Waals surface area contributed by atoms with Gasteiger partial charge in [-0.25, -0.2) is 12.8 Å². The second-order valence-corrected chi connectivity index (χ2v) is 7.84. The van der Waals surface area contributed by atoms with Crippen molar-refractivity contribution < 1.29 is 12.8 Å². The third kappa shape index (κ3) is 3.27. The van der Waals surface area contributed by atoms with Crippen molar-refractivity contribution in [2.24, 2.45) is 11.7 Å². The van der Waals surface area contributed by atoms with Gasteiger partial charge in [0.2, 0.25) is 10.0 Å². The number of aryl methyl sites for hydroxylation is 2. The maximum atomic E-state index is 13.4. The SMILES string of the molecule is Cc1cc(F)cc(C)c1S(=O)(=O)N1CCC(C(C)N)CC1. The summed E-state index contributed by atoms with van der Waals surface area (Å²) in [6.07, 6.45) is 1.55. The van der Waals surface area contributed by atoms with Crippen LogP contribution in [0.1, 0.15) is 30.9 Å². The summed E-state index contributed by atoms with van der Waals surface area (Å²) in [5.74, 6) is -0.0357. The summed E-state index contributed by atoms with van der Waals surface area (Å²) in [7, 11) is -3.56. The van der Waals surface area contributed by atoms with Crippen molar-refractivity contribution in [2.45, 2.75) is 44.6 Å². The van der Waals surface area contributed by atoms with Gasteiger partial charge in [-0.15, -0.1) is 0 Å². The molecule has 0 saturated carbocycles. The summed E-state index contributed by atoms with van der Waals surface area (Å²) in [5, 5.41) is 0. The van der Waals surface area contributed by atoms with Gasteiger partial charge in [0, 0.05) is 19.1 Å². The normalized spacial score (nSPS) is 19.7. The van der Waals surface area contributed by atoms with Crippen molar-refractivity contribution in [3.8, 4) is 0 Å². The zero-order valence-corrected chi connectivity index (χ0v) is 13.6. The van der Waals surface area contributed by atoms with Gasteiger partial charge in [-0.1, -0.05) is 0 Å². The number of benzene rings is 1. The van der Waals surface area contributed by atoms with E-state index in [1.165, 1.54) is 16.4 Å². The molecule has 4 nitrogen and oxygen atoms in total. The number of hydrogen-bond acceptors (Lipinski definition) is 3. The van der Waals surface area contributed by atoms with Crippen molar-refractivity contribution >= 4 is 10.0 Å². The molecule has 1 fully saturated rings. The topological polar surface area (TPSA) is 63.4 Å². The van der Waals surface area contributed by atoms with Crippen molar-refractivity contribution in [3.63, 3.8) is 0 Å². The Morgan fingerprint density at radius 2 is 1.71 bits per heavy atom. The lowest BCUT2D eigenvalue weighted by Crippen LogP contribution is -2.42. The molecule has 1 unspecified atom stereocenters. The first-order valence-corrected chi connectivity index (χ1v) is 8.70. The average Bonchev–Trinajstić information content (AvgIpc) is 2.37. The summed E-state index contributed by atoms with van der Waals surface area (Å²) in [6, 6.07) is 2.63. The average molecular weight is 314 g/mol. The standard InChI is InChI=1S/C15H23FN2O2S/c1-10-8-14(16)9-11(2)15(10)21(19,20)18-6-4-13(5-7-18)12(3)17/h8-9,12-13H,4-7,17H2,1-3H3. The van der Waals surface area contributed by atoms with Crippen molar-refractivity contribution in [1.29, 1.82) is 0 Å². The van der Waals surface area contributed by atoms with Crippen molar-refractivity contribution in [3.05, 3.63) is 29.1 Å². The van der Waals surface area contributed by atoms with Crippen LogP contribution in [0.15, 0.2) is 17.0 Å². The monoisotopic (exact) mass is 314 g/mol. The Morgan fingerprint density at radius 1 is 1.24 bits per heavy atom. The second-order valence-electron chi connectivity index (χ2n) is 5.97. The minimum Gasteiger partial charge on any atom is -0.328 e. The molecule has 1 heterocycles. The lowest BCUT2D eigenvalue weighted by molar-refractivity contribution is 0.250. The van der Waals surface area contributed by atoms with Crippen LogP contribution in [0.2, 0.25) is 0 Å². The minimum absolute atomic E-state index is 0.0872. The van der Waals surface area contributed by atoms with Crippen molar-refractivity contribution in [1.82, 2.24) is 4.31 Å². The van der Waals surface area contributed by atoms with E-state index in [1.54, 1.807) is 13.8 Å². The predicted molar refractivity (Wildman–Crippen MR) is 81.0 cm³/mol. The van der Waals surface area contributed by atoms with Gasteiger partial charge in [0.25, 0.3) is 0 Å². The fourth-order valence-electron chi connectivity index (χ4n) is 3.08. The highest BCUT2D eigenvalue weighted by atomic mass is 32.2. The van der Waals surface area contributed by atoms with Gasteiger partial charge in [0.15, 0.2) is 0 Å². The van der Waals surface area contributed by atoms with Gasteiger partial charge in [-0.3, -0.25) is 0 Å². The Hall–Kier alpha value is -0.980.